The SMILES string of the molecule is Cn1ccnc1C(NC(=O)CCc1nc(-c2ccco2)no1)c1ccc(F)cc1. The Morgan fingerprint density at radius 2 is 2.10 bits per heavy atom. The standard InChI is InChI=1S/C20H18FN5O3/c1-26-11-10-22-20(26)18(13-4-6-14(21)7-5-13)23-16(27)8-9-17-24-19(25-29-17)15-3-2-12-28-15/h2-7,10-12,18H,8-9H2,1H3,(H,23,27). The lowest BCUT2D eigenvalue weighted by molar-refractivity contribution is -0.121. The number of benzene rings is 1. The number of rotatable bonds is 7. The molecule has 0 aliphatic rings. The fourth-order valence-corrected chi connectivity index (χ4v) is 2.92. The number of nitrogens with zero attached hydrogens (tertiary/aromatic N) is 4. The summed E-state index contributed by atoms with van der Waals surface area (Å²) < 4.78 is 25.5. The molecule has 29 heavy (non-hydrogen) atoms. The predicted molar refractivity (Wildman–Crippen MR) is 99.9 cm³/mol. The summed E-state index contributed by atoms with van der Waals surface area (Å²) in [5, 5.41) is 6.79. The molecule has 0 spiro atoms. The Labute approximate surface area is 165 Å². The summed E-state index contributed by atoms with van der Waals surface area (Å²) in [5.41, 5.74) is 0.729. The van der Waals surface area contributed by atoms with Crippen LogP contribution in [-0.2, 0) is 18.3 Å². The van der Waals surface area contributed by atoms with Gasteiger partial charge in [0.1, 0.15) is 17.7 Å². The molecule has 0 saturated carbocycles. The normalized spacial score (nSPS) is 12.1. The quantitative estimate of drug-likeness (QED) is 0.516. The lowest BCUT2D eigenvalue weighted by Gasteiger charge is -2.19. The third-order valence-corrected chi connectivity index (χ3v) is 4.40. The highest BCUT2D eigenvalue weighted by Gasteiger charge is 2.21. The predicted octanol–water partition coefficient (Wildman–Crippen LogP) is 3.04. The molecule has 8 nitrogen and oxygen atoms in total. The summed E-state index contributed by atoms with van der Waals surface area (Å²) in [6.45, 7) is 0. The molecule has 3 heterocycles. The van der Waals surface area contributed by atoms with Crippen LogP contribution in [0.1, 0.15) is 29.7 Å². The van der Waals surface area contributed by atoms with Gasteiger partial charge in [-0.25, -0.2) is 9.37 Å². The Morgan fingerprint density at radius 3 is 2.79 bits per heavy atom. The second kappa shape index (κ2) is 8.09. The van der Waals surface area contributed by atoms with E-state index in [-0.39, 0.29) is 24.6 Å². The summed E-state index contributed by atoms with van der Waals surface area (Å²) in [4.78, 5) is 21.1. The van der Waals surface area contributed by atoms with Crippen LogP contribution >= 0.6 is 0 Å². The van der Waals surface area contributed by atoms with Gasteiger partial charge in [-0.3, -0.25) is 4.79 Å². The van der Waals surface area contributed by atoms with E-state index in [1.165, 1.54) is 18.4 Å². The van der Waals surface area contributed by atoms with E-state index in [1.807, 2.05) is 11.6 Å². The number of carbonyl (C=O) groups is 1. The first kappa shape index (κ1) is 18.6. The summed E-state index contributed by atoms with van der Waals surface area (Å²) in [7, 11) is 1.83. The van der Waals surface area contributed by atoms with Crippen molar-refractivity contribution >= 4 is 5.91 Å². The topological polar surface area (TPSA) is 99.0 Å². The van der Waals surface area contributed by atoms with E-state index < -0.39 is 6.04 Å². The Hall–Kier alpha value is -3.75. The Balaban J connectivity index is 1.44. The molecule has 1 unspecified atom stereocenters. The molecule has 9 heteroatoms. The van der Waals surface area contributed by atoms with Gasteiger partial charge in [0.15, 0.2) is 5.76 Å². The molecule has 0 fully saturated rings. The number of furan rings is 1. The average molecular weight is 395 g/mol. The van der Waals surface area contributed by atoms with E-state index in [0.717, 1.165) is 5.56 Å². The largest absolute Gasteiger partial charge is 0.461 e. The molecular formula is C20H18FN5O3. The first-order valence-electron chi connectivity index (χ1n) is 8.98. The first-order valence-corrected chi connectivity index (χ1v) is 8.98. The number of carbonyl (C=O) groups excluding carboxylic acids is 1. The van der Waals surface area contributed by atoms with E-state index in [4.69, 9.17) is 8.94 Å². The number of hydrogen-bond acceptors (Lipinski definition) is 6. The fourth-order valence-electron chi connectivity index (χ4n) is 2.92. The molecule has 0 bridgehead atoms. The molecular weight excluding hydrogens is 377 g/mol. The second-order valence-corrected chi connectivity index (χ2v) is 6.44. The summed E-state index contributed by atoms with van der Waals surface area (Å²) in [6, 6.07) is 8.90. The van der Waals surface area contributed by atoms with Crippen molar-refractivity contribution in [3.05, 3.63) is 78.2 Å². The molecule has 0 saturated heterocycles. The Bertz CT molecular complexity index is 1090. The zero-order valence-corrected chi connectivity index (χ0v) is 15.6. The van der Waals surface area contributed by atoms with Gasteiger partial charge in [-0.1, -0.05) is 17.3 Å². The highest BCUT2D eigenvalue weighted by Crippen LogP contribution is 2.21. The van der Waals surface area contributed by atoms with Crippen molar-refractivity contribution in [2.45, 2.75) is 18.9 Å². The van der Waals surface area contributed by atoms with Crippen molar-refractivity contribution in [1.82, 2.24) is 25.0 Å². The minimum absolute atomic E-state index is 0.141. The molecule has 3 aromatic heterocycles. The highest BCUT2D eigenvalue weighted by molar-refractivity contribution is 5.77. The smallest absolute Gasteiger partial charge is 0.238 e. The van der Waals surface area contributed by atoms with Crippen molar-refractivity contribution in [2.24, 2.45) is 7.05 Å². The molecule has 4 aromatic rings. The fraction of sp³-hybridized carbons (Fsp3) is 0.200. The number of imidazole rings is 1. The number of aryl methyl sites for hydroxylation is 2. The second-order valence-electron chi connectivity index (χ2n) is 6.44. The third-order valence-electron chi connectivity index (χ3n) is 4.40. The van der Waals surface area contributed by atoms with Crippen LogP contribution in [0, 0.1) is 5.82 Å². The number of aromatic nitrogens is 4. The number of amides is 1. The van der Waals surface area contributed by atoms with Gasteiger partial charge in [0, 0.05) is 32.3 Å². The monoisotopic (exact) mass is 395 g/mol. The lowest BCUT2D eigenvalue weighted by atomic mass is 10.1. The number of hydrogen-bond donors (Lipinski definition) is 1. The van der Waals surface area contributed by atoms with Crippen molar-refractivity contribution in [3.8, 4) is 11.6 Å². The van der Waals surface area contributed by atoms with Gasteiger partial charge in [0.05, 0.1) is 6.26 Å². The van der Waals surface area contributed by atoms with Crippen LogP contribution < -0.4 is 5.32 Å². The summed E-state index contributed by atoms with van der Waals surface area (Å²) >= 11 is 0. The Morgan fingerprint density at radius 1 is 1.28 bits per heavy atom. The van der Waals surface area contributed by atoms with Crippen LogP contribution in [0.5, 0.6) is 0 Å². The van der Waals surface area contributed by atoms with E-state index in [9.17, 15) is 9.18 Å². The minimum atomic E-state index is -0.510. The molecule has 1 amide bonds. The zero-order chi connectivity index (χ0) is 20.2. The molecule has 0 aliphatic carbocycles. The first-order chi connectivity index (χ1) is 14.1. The number of halogens is 1. The number of nitrogens with one attached hydrogen (secondary N) is 1. The van der Waals surface area contributed by atoms with Crippen molar-refractivity contribution in [3.63, 3.8) is 0 Å². The maximum absolute atomic E-state index is 13.3. The third kappa shape index (κ3) is 4.23. The van der Waals surface area contributed by atoms with Crippen LogP contribution in [0.25, 0.3) is 11.6 Å². The van der Waals surface area contributed by atoms with Crippen molar-refractivity contribution in [1.29, 1.82) is 0 Å². The molecule has 4 rings (SSSR count). The van der Waals surface area contributed by atoms with E-state index in [1.54, 1.807) is 36.7 Å². The van der Waals surface area contributed by atoms with Gasteiger partial charge in [-0.15, -0.1) is 0 Å². The van der Waals surface area contributed by atoms with Gasteiger partial charge in [-0.05, 0) is 29.8 Å². The van der Waals surface area contributed by atoms with E-state index in [0.29, 0.717) is 23.3 Å². The van der Waals surface area contributed by atoms with Crippen molar-refractivity contribution in [2.75, 3.05) is 0 Å². The van der Waals surface area contributed by atoms with Gasteiger partial charge in [-0.2, -0.15) is 4.98 Å². The van der Waals surface area contributed by atoms with Crippen LogP contribution in [0.4, 0.5) is 4.39 Å². The minimum Gasteiger partial charge on any atom is -0.461 e. The van der Waals surface area contributed by atoms with Crippen LogP contribution in [-0.4, -0.2) is 25.6 Å². The molecule has 1 atom stereocenters. The van der Waals surface area contributed by atoms with Crippen LogP contribution in [0.15, 0.2) is 64.0 Å². The average Bonchev–Trinajstić information content (AvgIpc) is 3.47. The van der Waals surface area contributed by atoms with Crippen molar-refractivity contribution < 1.29 is 18.1 Å². The molecule has 0 aliphatic heterocycles. The molecule has 1 N–H and O–H groups in total. The molecule has 148 valence electrons. The summed E-state index contributed by atoms with van der Waals surface area (Å²) in [5.74, 6) is 1.24. The summed E-state index contributed by atoms with van der Waals surface area (Å²) in [6.07, 6.45) is 5.36. The van der Waals surface area contributed by atoms with E-state index in [2.05, 4.69) is 20.4 Å². The highest BCUT2D eigenvalue weighted by atomic mass is 19.1. The van der Waals surface area contributed by atoms with Gasteiger partial charge in [0.2, 0.25) is 17.6 Å². The van der Waals surface area contributed by atoms with Crippen LogP contribution in [0.3, 0.4) is 0 Å². The van der Waals surface area contributed by atoms with E-state index >= 15 is 0 Å². The van der Waals surface area contributed by atoms with Crippen LogP contribution in [0.2, 0.25) is 0 Å². The maximum Gasteiger partial charge on any atom is 0.238 e. The van der Waals surface area contributed by atoms with Gasteiger partial charge >= 0.3 is 0 Å². The molecule has 1 aromatic carbocycles. The van der Waals surface area contributed by atoms with Gasteiger partial charge in [0.25, 0.3) is 0 Å². The Kier molecular flexibility index (Phi) is 5.19. The zero-order valence-electron chi connectivity index (χ0n) is 15.6. The molecule has 0 radical (unpaired) electrons. The maximum atomic E-state index is 13.3. The van der Waals surface area contributed by atoms with Gasteiger partial charge < -0.3 is 18.8 Å². The lowest BCUT2D eigenvalue weighted by Crippen LogP contribution is -2.31.